The van der Waals surface area contributed by atoms with Crippen LogP contribution in [0.2, 0.25) is 0 Å². The molecule has 69 heavy (non-hydrogen) atoms. The van der Waals surface area contributed by atoms with Crippen LogP contribution in [0.15, 0.2) is 243 Å². The molecule has 15 rings (SSSR count). The Morgan fingerprint density at radius 2 is 0.913 bits per heavy atom. The third-order valence-corrected chi connectivity index (χ3v) is 16.2. The first kappa shape index (κ1) is 38.5. The van der Waals surface area contributed by atoms with Gasteiger partial charge in [0.25, 0.3) is 0 Å². The Morgan fingerprint density at radius 3 is 1.59 bits per heavy atom. The molecule has 0 unspecified atom stereocenters. The second-order valence-electron chi connectivity index (χ2n) is 18.6. The SMILES string of the molecule is c1ccc(C2(c3ccccc3)c3ccccc3-c3c(-c4ccc(-c5ccc(-c6cc7c8cc9ccccc9cc8sc7c7nc8cc9cc%10ccccc%10cc9cc8n67)cc5)cc4)cccc32)cc1. The normalized spacial score (nSPS) is 13.0. The van der Waals surface area contributed by atoms with Crippen molar-refractivity contribution in [2.45, 2.75) is 5.41 Å². The maximum atomic E-state index is 5.47. The smallest absolute Gasteiger partial charge is 0.156 e. The van der Waals surface area contributed by atoms with Crippen molar-refractivity contribution in [1.29, 1.82) is 0 Å². The topological polar surface area (TPSA) is 17.3 Å². The molecule has 1 aliphatic carbocycles. The lowest BCUT2D eigenvalue weighted by molar-refractivity contribution is 0.768. The fourth-order valence-corrected chi connectivity index (χ4v) is 13.0. The molecule has 11 aromatic carbocycles. The van der Waals surface area contributed by atoms with Crippen LogP contribution in [0.25, 0.3) is 114 Å². The van der Waals surface area contributed by atoms with Crippen LogP contribution in [-0.4, -0.2) is 9.38 Å². The molecule has 0 radical (unpaired) electrons. The van der Waals surface area contributed by atoms with Gasteiger partial charge in [-0.15, -0.1) is 11.3 Å². The summed E-state index contributed by atoms with van der Waals surface area (Å²) >= 11 is 1.85. The van der Waals surface area contributed by atoms with E-state index in [0.29, 0.717) is 0 Å². The zero-order valence-corrected chi connectivity index (χ0v) is 38.2. The minimum atomic E-state index is -0.432. The number of fused-ring (bicyclic) bond motifs is 13. The Balaban J connectivity index is 0.861. The van der Waals surface area contributed by atoms with Gasteiger partial charge in [-0.05, 0) is 136 Å². The Hall–Kier alpha value is -8.63. The van der Waals surface area contributed by atoms with Crippen LogP contribution in [-0.2, 0) is 5.41 Å². The third kappa shape index (κ3) is 5.63. The van der Waals surface area contributed by atoms with E-state index in [2.05, 4.69) is 247 Å². The van der Waals surface area contributed by atoms with E-state index in [1.165, 1.54) is 108 Å². The van der Waals surface area contributed by atoms with Gasteiger partial charge in [-0.25, -0.2) is 4.98 Å². The maximum Gasteiger partial charge on any atom is 0.156 e. The van der Waals surface area contributed by atoms with E-state index in [1.807, 2.05) is 11.3 Å². The molecule has 0 aliphatic heterocycles. The highest BCUT2D eigenvalue weighted by Crippen LogP contribution is 2.58. The van der Waals surface area contributed by atoms with E-state index in [-0.39, 0.29) is 0 Å². The number of nitrogens with zero attached hydrogens (tertiary/aromatic N) is 2. The van der Waals surface area contributed by atoms with Crippen molar-refractivity contribution in [2.24, 2.45) is 0 Å². The molecule has 3 heterocycles. The van der Waals surface area contributed by atoms with Gasteiger partial charge in [0, 0.05) is 15.5 Å². The summed E-state index contributed by atoms with van der Waals surface area (Å²) < 4.78 is 4.90. The molecular formula is C66H40N2S. The van der Waals surface area contributed by atoms with Crippen molar-refractivity contribution in [2.75, 3.05) is 0 Å². The first-order chi connectivity index (χ1) is 34.2. The van der Waals surface area contributed by atoms with Crippen molar-refractivity contribution in [3.05, 3.63) is 265 Å². The van der Waals surface area contributed by atoms with Gasteiger partial charge >= 0.3 is 0 Å². The van der Waals surface area contributed by atoms with Crippen molar-refractivity contribution in [3.8, 4) is 44.6 Å². The highest BCUT2D eigenvalue weighted by atomic mass is 32.1. The maximum absolute atomic E-state index is 5.47. The van der Waals surface area contributed by atoms with Crippen molar-refractivity contribution in [3.63, 3.8) is 0 Å². The lowest BCUT2D eigenvalue weighted by Crippen LogP contribution is -2.28. The quantitative estimate of drug-likeness (QED) is 0.157. The molecular weight excluding hydrogens is 853 g/mol. The van der Waals surface area contributed by atoms with Crippen molar-refractivity contribution in [1.82, 2.24) is 9.38 Å². The number of hydrogen-bond acceptors (Lipinski definition) is 2. The first-order valence-corrected chi connectivity index (χ1v) is 24.6. The summed E-state index contributed by atoms with van der Waals surface area (Å²) in [4.78, 5) is 5.47. The summed E-state index contributed by atoms with van der Waals surface area (Å²) in [7, 11) is 0. The molecule has 0 saturated heterocycles. The number of hydrogen-bond donors (Lipinski definition) is 0. The van der Waals surface area contributed by atoms with E-state index in [4.69, 9.17) is 4.98 Å². The molecule has 320 valence electrons. The molecule has 2 nitrogen and oxygen atoms in total. The van der Waals surface area contributed by atoms with E-state index >= 15 is 0 Å². The molecule has 0 saturated carbocycles. The largest absolute Gasteiger partial charge is 0.291 e. The predicted molar refractivity (Wildman–Crippen MR) is 292 cm³/mol. The zero-order valence-electron chi connectivity index (χ0n) is 37.4. The molecule has 14 aromatic rings. The standard InChI is InChI=1S/C66H40N2S/c1-3-18-51(19-4-1)66(52-20-5-2-6-21-52)57-24-12-11-22-54(57)63-53(23-13-25-58(63)66)43-30-26-41(27-31-43)42-28-32-44(33-29-42)60-40-56-55-36-47-16-9-10-17-48(47)39-62(55)69-64(56)65-67-59-37-49-34-45-14-7-8-15-46(45)35-50(49)38-61(59)68(60)65/h1-40H. The fraction of sp³-hybridized carbons (Fsp3) is 0.0152. The Kier molecular flexibility index (Phi) is 8.19. The summed E-state index contributed by atoms with van der Waals surface area (Å²) in [5.41, 5.74) is 17.6. The van der Waals surface area contributed by atoms with Crippen molar-refractivity contribution < 1.29 is 0 Å². The van der Waals surface area contributed by atoms with Gasteiger partial charge in [-0.1, -0.05) is 200 Å². The molecule has 0 N–H and O–H groups in total. The van der Waals surface area contributed by atoms with E-state index < -0.39 is 5.41 Å². The monoisotopic (exact) mass is 892 g/mol. The molecule has 3 heteroatoms. The fourth-order valence-electron chi connectivity index (χ4n) is 11.8. The Labute approximate surface area is 402 Å². The molecule has 1 aliphatic rings. The van der Waals surface area contributed by atoms with Crippen LogP contribution in [0.5, 0.6) is 0 Å². The van der Waals surface area contributed by atoms with E-state index in [1.54, 1.807) is 0 Å². The number of pyridine rings is 1. The average molecular weight is 893 g/mol. The lowest BCUT2D eigenvalue weighted by Gasteiger charge is -2.34. The van der Waals surface area contributed by atoms with E-state index in [0.717, 1.165) is 27.9 Å². The second-order valence-corrected chi connectivity index (χ2v) is 19.7. The van der Waals surface area contributed by atoms with Gasteiger partial charge in [-0.2, -0.15) is 0 Å². The summed E-state index contributed by atoms with van der Waals surface area (Å²) in [6.45, 7) is 0. The average Bonchev–Trinajstić information content (AvgIpc) is 4.07. The van der Waals surface area contributed by atoms with Crippen LogP contribution in [0.1, 0.15) is 22.3 Å². The molecule has 0 fully saturated rings. The van der Waals surface area contributed by atoms with Crippen molar-refractivity contribution >= 4 is 80.5 Å². The molecule has 3 aromatic heterocycles. The van der Waals surface area contributed by atoms with Gasteiger partial charge < -0.3 is 0 Å². The van der Waals surface area contributed by atoms with Gasteiger partial charge in [0.15, 0.2) is 5.65 Å². The number of rotatable bonds is 5. The van der Waals surface area contributed by atoms with E-state index in [9.17, 15) is 0 Å². The van der Waals surface area contributed by atoms with Crippen LogP contribution >= 0.6 is 11.3 Å². The zero-order chi connectivity index (χ0) is 45.2. The number of imidazole rings is 1. The highest BCUT2D eigenvalue weighted by Gasteiger charge is 2.46. The van der Waals surface area contributed by atoms with Crippen LogP contribution in [0.4, 0.5) is 0 Å². The number of thiophene rings is 1. The van der Waals surface area contributed by atoms with Crippen LogP contribution < -0.4 is 0 Å². The molecule has 0 spiro atoms. The number of aromatic nitrogens is 2. The van der Waals surface area contributed by atoms with Crippen LogP contribution in [0, 0.1) is 0 Å². The van der Waals surface area contributed by atoms with Gasteiger partial charge in [0.2, 0.25) is 0 Å². The Bertz CT molecular complexity index is 4340. The van der Waals surface area contributed by atoms with Gasteiger partial charge in [0.1, 0.15) is 0 Å². The second kappa shape index (κ2) is 14.7. The van der Waals surface area contributed by atoms with Gasteiger partial charge in [0.05, 0.1) is 26.8 Å². The minimum Gasteiger partial charge on any atom is -0.291 e. The lowest BCUT2D eigenvalue weighted by atomic mass is 9.67. The molecule has 0 amide bonds. The first-order valence-electron chi connectivity index (χ1n) is 23.8. The minimum absolute atomic E-state index is 0.432. The Morgan fingerprint density at radius 1 is 0.377 bits per heavy atom. The molecule has 0 bridgehead atoms. The predicted octanol–water partition coefficient (Wildman–Crippen LogP) is 17.7. The summed E-state index contributed by atoms with van der Waals surface area (Å²) in [5, 5.41) is 9.93. The summed E-state index contributed by atoms with van der Waals surface area (Å²) in [5.74, 6) is 0. The third-order valence-electron chi connectivity index (χ3n) is 15.0. The highest BCUT2D eigenvalue weighted by molar-refractivity contribution is 7.26. The molecule has 0 atom stereocenters. The summed E-state index contributed by atoms with van der Waals surface area (Å²) in [6.07, 6.45) is 0. The van der Waals surface area contributed by atoms with Gasteiger partial charge in [-0.3, -0.25) is 4.40 Å². The van der Waals surface area contributed by atoms with Crippen LogP contribution in [0.3, 0.4) is 0 Å². The summed E-state index contributed by atoms with van der Waals surface area (Å²) in [6, 6.07) is 90.0. The number of benzene rings is 11.